The molecule has 2 atom stereocenters. The molecule has 0 spiro atoms. The van der Waals surface area contributed by atoms with Gasteiger partial charge in [0.1, 0.15) is 12.2 Å². The number of hydrogen-bond acceptors (Lipinski definition) is 9. The van der Waals surface area contributed by atoms with Crippen LogP contribution in [0.2, 0.25) is 5.02 Å². The molecular weight excluding hydrogens is 564 g/mol. The number of ether oxygens (including phenoxy) is 3. The first-order valence-electron chi connectivity index (χ1n) is 12.6. The number of para-hydroxylation sites is 1. The summed E-state index contributed by atoms with van der Waals surface area (Å²) in [6.07, 6.45) is -3.07. The van der Waals surface area contributed by atoms with Crippen molar-refractivity contribution >= 4 is 39.1 Å². The molecule has 3 N–H and O–H groups in total. The second-order valence-electron chi connectivity index (χ2n) is 10.2. The van der Waals surface area contributed by atoms with Gasteiger partial charge in [0.05, 0.1) is 26.4 Å². The van der Waals surface area contributed by atoms with E-state index >= 15 is 0 Å². The highest BCUT2D eigenvalue weighted by Gasteiger charge is 2.41. The van der Waals surface area contributed by atoms with Gasteiger partial charge in [-0.25, -0.2) is 8.42 Å². The van der Waals surface area contributed by atoms with Gasteiger partial charge in [-0.1, -0.05) is 37.6 Å². The molecule has 0 unspecified atom stereocenters. The summed E-state index contributed by atoms with van der Waals surface area (Å²) in [5, 5.41) is 19.3. The quantitative estimate of drug-likeness (QED) is 0.334. The van der Waals surface area contributed by atoms with Crippen LogP contribution in [0.25, 0.3) is 0 Å². The molecular formula is C27H35ClN2O9S. The number of carbonyl (C=O) groups is 2. The van der Waals surface area contributed by atoms with Crippen molar-refractivity contribution in [2.45, 2.75) is 38.9 Å². The van der Waals surface area contributed by atoms with Crippen molar-refractivity contribution in [3.05, 3.63) is 52.5 Å². The predicted octanol–water partition coefficient (Wildman–Crippen LogP) is 2.42. The summed E-state index contributed by atoms with van der Waals surface area (Å²) < 4.78 is 43.9. The van der Waals surface area contributed by atoms with E-state index in [9.17, 15) is 23.1 Å². The van der Waals surface area contributed by atoms with Crippen molar-refractivity contribution in [3.63, 3.8) is 0 Å². The minimum Gasteiger partial charge on any atom is -0.493 e. The van der Waals surface area contributed by atoms with Gasteiger partial charge in [-0.15, -0.1) is 0 Å². The first-order chi connectivity index (χ1) is 18.9. The SMILES string of the molecule is COc1cccc([C@H]2O[C@H](CC(=O)NS(=O)(=O)CCCO)C(=O)N(CC(C)(C)CO)c3ccc(Cl)cc32)c1OC. The molecule has 0 aliphatic carbocycles. The number of hydrogen-bond donors (Lipinski definition) is 3. The first-order valence-corrected chi connectivity index (χ1v) is 14.6. The fourth-order valence-corrected chi connectivity index (χ4v) is 5.62. The molecule has 0 fully saturated rings. The molecule has 13 heteroatoms. The zero-order valence-corrected chi connectivity index (χ0v) is 24.4. The largest absolute Gasteiger partial charge is 0.493 e. The van der Waals surface area contributed by atoms with Crippen molar-refractivity contribution in [1.29, 1.82) is 0 Å². The van der Waals surface area contributed by atoms with Gasteiger partial charge >= 0.3 is 0 Å². The molecule has 1 aliphatic heterocycles. The van der Waals surface area contributed by atoms with Gasteiger partial charge in [-0.2, -0.15) is 0 Å². The van der Waals surface area contributed by atoms with Gasteiger partial charge < -0.3 is 29.3 Å². The number of rotatable bonds is 12. The Kier molecular flexibility index (Phi) is 10.4. The zero-order chi connectivity index (χ0) is 29.7. The van der Waals surface area contributed by atoms with E-state index in [1.807, 2.05) is 4.72 Å². The minimum atomic E-state index is -4.04. The normalized spacial score (nSPS) is 17.7. The Morgan fingerprint density at radius 2 is 1.88 bits per heavy atom. The number of halogens is 1. The van der Waals surface area contributed by atoms with E-state index in [2.05, 4.69) is 0 Å². The summed E-state index contributed by atoms with van der Waals surface area (Å²) in [5.41, 5.74) is 0.701. The van der Waals surface area contributed by atoms with Crippen LogP contribution in [-0.4, -0.2) is 76.3 Å². The van der Waals surface area contributed by atoms with Crippen LogP contribution in [0.1, 0.15) is 43.9 Å². The van der Waals surface area contributed by atoms with Crippen LogP contribution in [-0.2, 0) is 24.3 Å². The number of fused-ring (bicyclic) bond motifs is 1. The van der Waals surface area contributed by atoms with E-state index < -0.39 is 51.6 Å². The lowest BCUT2D eigenvalue weighted by molar-refractivity contribution is -0.137. The van der Waals surface area contributed by atoms with Crippen molar-refractivity contribution in [2.24, 2.45) is 5.41 Å². The molecule has 0 saturated heterocycles. The van der Waals surface area contributed by atoms with E-state index in [0.717, 1.165) is 0 Å². The van der Waals surface area contributed by atoms with E-state index in [1.54, 1.807) is 50.2 Å². The predicted molar refractivity (Wildman–Crippen MR) is 149 cm³/mol. The maximum Gasteiger partial charge on any atom is 0.256 e. The monoisotopic (exact) mass is 598 g/mol. The van der Waals surface area contributed by atoms with Crippen LogP contribution < -0.4 is 19.1 Å². The van der Waals surface area contributed by atoms with Crippen molar-refractivity contribution in [3.8, 4) is 11.5 Å². The standard InChI is InChI=1S/C27H35ClN2O9S/c1-27(2,16-32)15-30-20-10-9-17(28)13-19(20)24(18-7-5-8-21(37-3)25(18)38-4)39-22(26(30)34)14-23(33)29-40(35,36)12-6-11-31/h5,7-10,13,22,24,31-32H,6,11-12,14-16H2,1-4H3,(H,29,33)/t22-,24-/m1/s1. The molecule has 11 nitrogen and oxygen atoms in total. The third-order valence-electron chi connectivity index (χ3n) is 6.35. The Morgan fingerprint density at radius 1 is 1.15 bits per heavy atom. The Balaban J connectivity index is 2.15. The number of anilines is 1. The average Bonchev–Trinajstić information content (AvgIpc) is 3.01. The van der Waals surface area contributed by atoms with Gasteiger partial charge in [0.25, 0.3) is 5.91 Å². The summed E-state index contributed by atoms with van der Waals surface area (Å²) in [5.74, 6) is -1.26. The van der Waals surface area contributed by atoms with E-state index in [1.165, 1.54) is 19.1 Å². The van der Waals surface area contributed by atoms with E-state index in [-0.39, 0.29) is 26.2 Å². The molecule has 3 rings (SSSR count). The number of methoxy groups -OCH3 is 2. The third kappa shape index (κ3) is 7.43. The Hall–Kier alpha value is -2.90. The number of amides is 2. The molecule has 1 heterocycles. The molecule has 0 aromatic heterocycles. The fraction of sp³-hybridized carbons (Fsp3) is 0.481. The number of sulfonamides is 1. The lowest BCUT2D eigenvalue weighted by atomic mass is 9.92. The first kappa shape index (κ1) is 31.6. The van der Waals surface area contributed by atoms with Crippen LogP contribution in [0.5, 0.6) is 11.5 Å². The number of aliphatic hydroxyl groups excluding tert-OH is 2. The van der Waals surface area contributed by atoms with Crippen LogP contribution in [0, 0.1) is 5.41 Å². The lowest BCUT2D eigenvalue weighted by Crippen LogP contribution is -2.47. The van der Waals surface area contributed by atoms with E-state index in [0.29, 0.717) is 33.3 Å². The molecule has 0 bridgehead atoms. The molecule has 2 amide bonds. The number of benzene rings is 2. The smallest absolute Gasteiger partial charge is 0.256 e. The minimum absolute atomic E-state index is 0.0563. The molecule has 0 radical (unpaired) electrons. The van der Waals surface area contributed by atoms with Gasteiger partial charge in [0.15, 0.2) is 11.5 Å². The van der Waals surface area contributed by atoms with Crippen LogP contribution in [0.4, 0.5) is 5.69 Å². The highest BCUT2D eigenvalue weighted by molar-refractivity contribution is 7.90. The van der Waals surface area contributed by atoms with Crippen molar-refractivity contribution in [1.82, 2.24) is 4.72 Å². The molecule has 1 aliphatic rings. The summed E-state index contributed by atoms with van der Waals surface area (Å²) in [4.78, 5) is 28.3. The molecule has 0 saturated carbocycles. The van der Waals surface area contributed by atoms with E-state index in [4.69, 9.17) is 30.9 Å². The number of aliphatic hydroxyl groups is 2. The highest BCUT2D eigenvalue weighted by Crippen LogP contribution is 2.45. The highest BCUT2D eigenvalue weighted by atomic mass is 35.5. The molecule has 2 aromatic carbocycles. The molecule has 220 valence electrons. The Bertz CT molecular complexity index is 1330. The summed E-state index contributed by atoms with van der Waals surface area (Å²) in [7, 11) is -1.10. The third-order valence-corrected chi connectivity index (χ3v) is 7.95. The van der Waals surface area contributed by atoms with Crippen molar-refractivity contribution in [2.75, 3.05) is 44.6 Å². The van der Waals surface area contributed by atoms with Gasteiger partial charge in [-0.3, -0.25) is 14.3 Å². The average molecular weight is 599 g/mol. The Morgan fingerprint density at radius 3 is 2.50 bits per heavy atom. The van der Waals surface area contributed by atoms with Crippen LogP contribution >= 0.6 is 11.6 Å². The topological polar surface area (TPSA) is 152 Å². The second-order valence-corrected chi connectivity index (χ2v) is 12.4. The number of carbonyl (C=O) groups excluding carboxylic acids is 2. The summed E-state index contributed by atoms with van der Waals surface area (Å²) in [6.45, 7) is 3.02. The van der Waals surface area contributed by atoms with Gasteiger partial charge in [0.2, 0.25) is 15.9 Å². The lowest BCUT2D eigenvalue weighted by Gasteiger charge is -2.32. The summed E-state index contributed by atoms with van der Waals surface area (Å²) in [6, 6.07) is 10.1. The molecule has 40 heavy (non-hydrogen) atoms. The second kappa shape index (κ2) is 13.2. The molecule has 2 aromatic rings. The fourth-order valence-electron chi connectivity index (χ4n) is 4.39. The Labute approximate surface area is 239 Å². The number of nitrogens with zero attached hydrogens (tertiary/aromatic N) is 1. The van der Waals surface area contributed by atoms with Crippen molar-refractivity contribution < 1.29 is 42.4 Å². The number of nitrogens with one attached hydrogen (secondary N) is 1. The maximum atomic E-state index is 14.0. The summed E-state index contributed by atoms with van der Waals surface area (Å²) >= 11 is 6.39. The van der Waals surface area contributed by atoms with Gasteiger partial charge in [0, 0.05) is 47.0 Å². The van der Waals surface area contributed by atoms with Gasteiger partial charge in [-0.05, 0) is 30.7 Å². The van der Waals surface area contributed by atoms with Crippen LogP contribution in [0.15, 0.2) is 36.4 Å². The van der Waals surface area contributed by atoms with Crippen LogP contribution in [0.3, 0.4) is 0 Å². The maximum absolute atomic E-state index is 14.0. The zero-order valence-electron chi connectivity index (χ0n) is 22.8.